The normalized spacial score (nSPS) is 15.5. The van der Waals surface area contributed by atoms with E-state index in [2.05, 4.69) is 5.32 Å². The summed E-state index contributed by atoms with van der Waals surface area (Å²) in [5.74, 6) is -0.00279. The van der Waals surface area contributed by atoms with Crippen LogP contribution in [0.2, 0.25) is 10.0 Å². The van der Waals surface area contributed by atoms with Gasteiger partial charge in [0.05, 0.1) is 5.02 Å². The summed E-state index contributed by atoms with van der Waals surface area (Å²) in [7, 11) is 0. The van der Waals surface area contributed by atoms with Crippen molar-refractivity contribution in [3.8, 4) is 5.75 Å². The average Bonchev–Trinajstić information content (AvgIpc) is 3.05. The number of nitrogens with one attached hydrogen (secondary N) is 1. The number of hydrogen-bond donors (Lipinski definition) is 1. The molecule has 0 bridgehead atoms. The number of carbonyl (C=O) groups is 2. The summed E-state index contributed by atoms with van der Waals surface area (Å²) in [5, 5.41) is 3.60. The predicted octanol–water partition coefficient (Wildman–Crippen LogP) is 3.14. The third kappa shape index (κ3) is 5.02. The minimum Gasteiger partial charge on any atom is -0.482 e. The maximum Gasteiger partial charge on any atom is 0.258 e. The molecule has 2 rings (SSSR count). The minimum atomic E-state index is -0.542. The summed E-state index contributed by atoms with van der Waals surface area (Å²) in [5.41, 5.74) is 0. The molecule has 1 aromatic carbocycles. The lowest BCUT2D eigenvalue weighted by Crippen LogP contribution is -2.51. The molecule has 1 heterocycles. The topological polar surface area (TPSA) is 58.6 Å². The molecular formula is C17H22Cl2N2O3. The van der Waals surface area contributed by atoms with Crippen LogP contribution in [0.15, 0.2) is 18.2 Å². The number of rotatable bonds is 6. The third-order valence-corrected chi connectivity index (χ3v) is 4.45. The van der Waals surface area contributed by atoms with Crippen molar-refractivity contribution in [3.05, 3.63) is 28.2 Å². The molecule has 1 aliphatic heterocycles. The zero-order valence-corrected chi connectivity index (χ0v) is 15.4. The number of halogens is 2. The van der Waals surface area contributed by atoms with Gasteiger partial charge in [-0.25, -0.2) is 0 Å². The first-order valence-electron chi connectivity index (χ1n) is 8.04. The van der Waals surface area contributed by atoms with E-state index in [4.69, 9.17) is 27.9 Å². The number of ether oxygens (including phenoxy) is 1. The van der Waals surface area contributed by atoms with Crippen LogP contribution in [0.3, 0.4) is 0 Å². The van der Waals surface area contributed by atoms with Crippen LogP contribution < -0.4 is 10.1 Å². The summed E-state index contributed by atoms with van der Waals surface area (Å²) in [6.45, 7) is 5.13. The molecule has 7 heteroatoms. The molecule has 1 aliphatic rings. The highest BCUT2D eigenvalue weighted by Crippen LogP contribution is 2.27. The van der Waals surface area contributed by atoms with Crippen molar-refractivity contribution >= 4 is 35.0 Å². The SMILES string of the molecule is CC(C)[C@@H](NC(=O)COc1ccc(Cl)cc1Cl)C(=O)N1CCCC1. The van der Waals surface area contributed by atoms with Gasteiger partial charge in [0.1, 0.15) is 11.8 Å². The average molecular weight is 373 g/mol. The highest BCUT2D eigenvalue weighted by molar-refractivity contribution is 6.35. The van der Waals surface area contributed by atoms with Crippen molar-refractivity contribution in [1.29, 1.82) is 0 Å². The monoisotopic (exact) mass is 372 g/mol. The Balaban J connectivity index is 1.91. The highest BCUT2D eigenvalue weighted by Gasteiger charge is 2.30. The minimum absolute atomic E-state index is 0.00108. The number of hydrogen-bond acceptors (Lipinski definition) is 3. The Morgan fingerprint density at radius 3 is 2.50 bits per heavy atom. The van der Waals surface area contributed by atoms with Gasteiger partial charge in [-0.1, -0.05) is 37.0 Å². The molecule has 1 aromatic rings. The Morgan fingerprint density at radius 1 is 1.25 bits per heavy atom. The lowest BCUT2D eigenvalue weighted by molar-refractivity contribution is -0.137. The van der Waals surface area contributed by atoms with Crippen LogP contribution in [-0.2, 0) is 9.59 Å². The van der Waals surface area contributed by atoms with Gasteiger partial charge in [0.2, 0.25) is 5.91 Å². The fourth-order valence-electron chi connectivity index (χ4n) is 2.60. The van der Waals surface area contributed by atoms with Crippen molar-refractivity contribution in [2.75, 3.05) is 19.7 Å². The molecule has 1 fully saturated rings. The number of carbonyl (C=O) groups excluding carboxylic acids is 2. The van der Waals surface area contributed by atoms with Crippen LogP contribution in [0.4, 0.5) is 0 Å². The summed E-state index contributed by atoms with van der Waals surface area (Å²) in [6.07, 6.45) is 2.03. The van der Waals surface area contributed by atoms with Gasteiger partial charge in [-0.05, 0) is 37.0 Å². The lowest BCUT2D eigenvalue weighted by atomic mass is 10.0. The molecule has 132 valence electrons. The first kappa shape index (κ1) is 18.9. The smallest absolute Gasteiger partial charge is 0.258 e. The Bertz CT molecular complexity index is 601. The number of likely N-dealkylation sites (tertiary alicyclic amines) is 1. The van der Waals surface area contributed by atoms with E-state index in [0.29, 0.717) is 15.8 Å². The molecule has 0 spiro atoms. The van der Waals surface area contributed by atoms with Crippen LogP contribution in [-0.4, -0.2) is 42.5 Å². The molecule has 5 nitrogen and oxygen atoms in total. The van der Waals surface area contributed by atoms with Crippen molar-refractivity contribution in [2.24, 2.45) is 5.92 Å². The summed E-state index contributed by atoms with van der Waals surface area (Å²) < 4.78 is 5.41. The Hall–Kier alpha value is -1.46. The molecule has 24 heavy (non-hydrogen) atoms. The van der Waals surface area contributed by atoms with Gasteiger partial charge in [0.25, 0.3) is 5.91 Å². The predicted molar refractivity (Wildman–Crippen MR) is 94.5 cm³/mol. The summed E-state index contributed by atoms with van der Waals surface area (Å²) >= 11 is 11.8. The number of nitrogens with zero attached hydrogens (tertiary/aromatic N) is 1. The zero-order chi connectivity index (χ0) is 17.7. The Labute approximate surface area is 152 Å². The van der Waals surface area contributed by atoms with Crippen LogP contribution in [0.25, 0.3) is 0 Å². The standard InChI is InChI=1S/C17H22Cl2N2O3/c1-11(2)16(17(23)21-7-3-4-8-21)20-15(22)10-24-14-6-5-12(18)9-13(14)19/h5-6,9,11,16H,3-4,7-8,10H2,1-2H3,(H,20,22)/t16-/m1/s1. The quantitative estimate of drug-likeness (QED) is 0.834. The van der Waals surface area contributed by atoms with E-state index in [9.17, 15) is 9.59 Å². The van der Waals surface area contributed by atoms with Gasteiger partial charge in [0.15, 0.2) is 6.61 Å². The molecule has 0 radical (unpaired) electrons. The van der Waals surface area contributed by atoms with E-state index in [-0.39, 0.29) is 24.3 Å². The molecule has 0 unspecified atom stereocenters. The van der Waals surface area contributed by atoms with Crippen molar-refractivity contribution in [1.82, 2.24) is 10.2 Å². The van der Waals surface area contributed by atoms with E-state index in [1.54, 1.807) is 18.2 Å². The van der Waals surface area contributed by atoms with Gasteiger partial charge in [-0.3, -0.25) is 9.59 Å². The molecule has 0 aliphatic carbocycles. The van der Waals surface area contributed by atoms with Crippen molar-refractivity contribution in [3.63, 3.8) is 0 Å². The van der Waals surface area contributed by atoms with Crippen LogP contribution >= 0.6 is 23.2 Å². The fourth-order valence-corrected chi connectivity index (χ4v) is 3.06. The highest BCUT2D eigenvalue weighted by atomic mass is 35.5. The fraction of sp³-hybridized carbons (Fsp3) is 0.529. The molecule has 0 aromatic heterocycles. The first-order valence-corrected chi connectivity index (χ1v) is 8.80. The van der Waals surface area contributed by atoms with Gasteiger partial charge < -0.3 is 15.0 Å². The van der Waals surface area contributed by atoms with Gasteiger partial charge in [-0.15, -0.1) is 0 Å². The molecule has 1 saturated heterocycles. The van der Waals surface area contributed by atoms with Crippen LogP contribution in [0.1, 0.15) is 26.7 Å². The number of benzene rings is 1. The summed E-state index contributed by atoms with van der Waals surface area (Å²) in [4.78, 5) is 26.5. The maximum absolute atomic E-state index is 12.5. The van der Waals surface area contributed by atoms with Crippen LogP contribution in [0.5, 0.6) is 5.75 Å². The van der Waals surface area contributed by atoms with Gasteiger partial charge >= 0.3 is 0 Å². The van der Waals surface area contributed by atoms with E-state index < -0.39 is 6.04 Å². The molecule has 2 amide bonds. The Kier molecular flexibility index (Phi) is 6.75. The molecular weight excluding hydrogens is 351 g/mol. The van der Waals surface area contributed by atoms with E-state index in [0.717, 1.165) is 25.9 Å². The van der Waals surface area contributed by atoms with Crippen LogP contribution in [0, 0.1) is 5.92 Å². The first-order chi connectivity index (χ1) is 11.4. The van der Waals surface area contributed by atoms with Crippen molar-refractivity contribution < 1.29 is 14.3 Å². The molecule has 1 atom stereocenters. The third-order valence-electron chi connectivity index (χ3n) is 3.92. The second kappa shape index (κ2) is 8.58. The van der Waals surface area contributed by atoms with Gasteiger partial charge in [-0.2, -0.15) is 0 Å². The lowest BCUT2D eigenvalue weighted by Gasteiger charge is -2.26. The summed E-state index contributed by atoms with van der Waals surface area (Å²) in [6, 6.07) is 4.24. The molecule has 0 saturated carbocycles. The van der Waals surface area contributed by atoms with E-state index in [1.807, 2.05) is 18.7 Å². The van der Waals surface area contributed by atoms with E-state index in [1.165, 1.54) is 0 Å². The van der Waals surface area contributed by atoms with Gasteiger partial charge in [0, 0.05) is 18.1 Å². The Morgan fingerprint density at radius 2 is 1.92 bits per heavy atom. The second-order valence-corrected chi connectivity index (χ2v) is 7.03. The zero-order valence-electron chi connectivity index (χ0n) is 13.9. The largest absolute Gasteiger partial charge is 0.482 e. The van der Waals surface area contributed by atoms with Crippen molar-refractivity contribution in [2.45, 2.75) is 32.7 Å². The molecule has 1 N–H and O–H groups in total. The van der Waals surface area contributed by atoms with E-state index >= 15 is 0 Å². The second-order valence-electron chi connectivity index (χ2n) is 6.19. The number of amides is 2. The maximum atomic E-state index is 12.5.